The highest BCUT2D eigenvalue weighted by Gasteiger charge is 2.08. The van der Waals surface area contributed by atoms with Gasteiger partial charge in [0.2, 0.25) is 0 Å². The Kier molecular flexibility index (Phi) is 5.42. The molecule has 0 aliphatic rings. The number of pyridine rings is 1. The highest BCUT2D eigenvalue weighted by Crippen LogP contribution is 2.16. The molecule has 1 aromatic heterocycles. The Morgan fingerprint density at radius 1 is 0.960 bits per heavy atom. The lowest BCUT2D eigenvalue weighted by molar-refractivity contribution is 0.0949. The predicted octanol–water partition coefficient (Wildman–Crippen LogP) is 3.73. The van der Waals surface area contributed by atoms with Gasteiger partial charge in [-0.15, -0.1) is 0 Å². The van der Waals surface area contributed by atoms with Gasteiger partial charge in [0.15, 0.2) is 0 Å². The van der Waals surface area contributed by atoms with Crippen LogP contribution in [0.2, 0.25) is 0 Å². The van der Waals surface area contributed by atoms with Crippen molar-refractivity contribution >= 4 is 5.91 Å². The van der Waals surface area contributed by atoms with Crippen molar-refractivity contribution in [1.82, 2.24) is 10.3 Å². The van der Waals surface area contributed by atoms with Gasteiger partial charge in [0.1, 0.15) is 11.4 Å². The SMILES string of the molecule is COc1ccc(CCNC(=O)c2cccc(-c3ccccc3)n2)cc1. The molecule has 0 atom stereocenters. The number of carbonyl (C=O) groups is 1. The third-order valence-electron chi connectivity index (χ3n) is 3.91. The molecule has 0 spiro atoms. The van der Waals surface area contributed by atoms with E-state index in [9.17, 15) is 4.79 Å². The monoisotopic (exact) mass is 332 g/mol. The van der Waals surface area contributed by atoms with E-state index in [4.69, 9.17) is 4.74 Å². The number of hydrogen-bond acceptors (Lipinski definition) is 3. The van der Waals surface area contributed by atoms with Gasteiger partial charge in [-0.3, -0.25) is 4.79 Å². The van der Waals surface area contributed by atoms with Gasteiger partial charge < -0.3 is 10.1 Å². The van der Waals surface area contributed by atoms with E-state index < -0.39 is 0 Å². The molecule has 126 valence electrons. The van der Waals surface area contributed by atoms with Gasteiger partial charge >= 0.3 is 0 Å². The van der Waals surface area contributed by atoms with Crippen LogP contribution in [0, 0.1) is 0 Å². The van der Waals surface area contributed by atoms with Crippen LogP contribution in [0.15, 0.2) is 72.8 Å². The molecule has 3 aromatic rings. The van der Waals surface area contributed by atoms with Crippen molar-refractivity contribution in [3.05, 3.63) is 84.1 Å². The first-order chi connectivity index (χ1) is 12.3. The predicted molar refractivity (Wildman–Crippen MR) is 98.7 cm³/mol. The number of nitrogens with zero attached hydrogens (tertiary/aromatic N) is 1. The molecule has 2 aromatic carbocycles. The third-order valence-corrected chi connectivity index (χ3v) is 3.91. The molecule has 4 heteroatoms. The van der Waals surface area contributed by atoms with Crippen LogP contribution in [-0.2, 0) is 6.42 Å². The first kappa shape index (κ1) is 16.7. The Morgan fingerprint density at radius 2 is 1.72 bits per heavy atom. The molecular formula is C21H20N2O2. The summed E-state index contributed by atoms with van der Waals surface area (Å²) >= 11 is 0. The van der Waals surface area contributed by atoms with Crippen LogP contribution in [0.5, 0.6) is 5.75 Å². The first-order valence-electron chi connectivity index (χ1n) is 8.20. The second-order valence-electron chi connectivity index (χ2n) is 5.63. The van der Waals surface area contributed by atoms with E-state index in [1.165, 1.54) is 0 Å². The molecule has 0 aliphatic carbocycles. The number of hydrogen-bond donors (Lipinski definition) is 1. The Bertz CT molecular complexity index is 830. The van der Waals surface area contributed by atoms with Crippen LogP contribution in [0.4, 0.5) is 0 Å². The van der Waals surface area contributed by atoms with Crippen LogP contribution in [0.25, 0.3) is 11.3 Å². The van der Waals surface area contributed by atoms with E-state index in [1.807, 2.05) is 66.7 Å². The van der Waals surface area contributed by atoms with Gasteiger partial charge in [0.05, 0.1) is 12.8 Å². The maximum atomic E-state index is 12.3. The van der Waals surface area contributed by atoms with Gasteiger partial charge in [0, 0.05) is 12.1 Å². The zero-order valence-electron chi connectivity index (χ0n) is 14.1. The Hall–Kier alpha value is -3.14. The number of benzene rings is 2. The quantitative estimate of drug-likeness (QED) is 0.748. The number of ether oxygens (including phenoxy) is 1. The largest absolute Gasteiger partial charge is 0.497 e. The molecule has 0 radical (unpaired) electrons. The summed E-state index contributed by atoms with van der Waals surface area (Å²) in [6.45, 7) is 0.558. The summed E-state index contributed by atoms with van der Waals surface area (Å²) in [6, 6.07) is 23.2. The molecule has 0 saturated heterocycles. The van der Waals surface area contributed by atoms with Crippen molar-refractivity contribution in [2.24, 2.45) is 0 Å². The van der Waals surface area contributed by atoms with Crippen molar-refractivity contribution in [2.45, 2.75) is 6.42 Å². The average molecular weight is 332 g/mol. The standard InChI is InChI=1S/C21H20N2O2/c1-25-18-12-10-16(11-13-18)14-15-22-21(24)20-9-5-8-19(23-20)17-6-3-2-4-7-17/h2-13H,14-15H2,1H3,(H,22,24). The van der Waals surface area contributed by atoms with Crippen LogP contribution < -0.4 is 10.1 Å². The Morgan fingerprint density at radius 3 is 2.44 bits per heavy atom. The minimum atomic E-state index is -0.161. The highest BCUT2D eigenvalue weighted by atomic mass is 16.5. The van der Waals surface area contributed by atoms with E-state index in [1.54, 1.807) is 13.2 Å². The Labute approximate surface area is 147 Å². The average Bonchev–Trinajstić information content (AvgIpc) is 2.69. The van der Waals surface area contributed by atoms with Gasteiger partial charge in [-0.25, -0.2) is 4.98 Å². The molecule has 4 nitrogen and oxygen atoms in total. The number of amides is 1. The molecule has 1 heterocycles. The summed E-state index contributed by atoms with van der Waals surface area (Å²) < 4.78 is 5.14. The van der Waals surface area contributed by atoms with E-state index in [-0.39, 0.29) is 5.91 Å². The molecule has 0 bridgehead atoms. The van der Waals surface area contributed by atoms with Crippen LogP contribution in [-0.4, -0.2) is 24.5 Å². The van der Waals surface area contributed by atoms with Crippen molar-refractivity contribution in [1.29, 1.82) is 0 Å². The van der Waals surface area contributed by atoms with Crippen molar-refractivity contribution < 1.29 is 9.53 Å². The van der Waals surface area contributed by atoms with Gasteiger partial charge in [-0.05, 0) is 36.2 Å². The van der Waals surface area contributed by atoms with Gasteiger partial charge in [0.25, 0.3) is 5.91 Å². The molecule has 0 unspecified atom stereocenters. The lowest BCUT2D eigenvalue weighted by atomic mass is 10.1. The number of aromatic nitrogens is 1. The number of carbonyl (C=O) groups excluding carboxylic acids is 1. The molecular weight excluding hydrogens is 312 g/mol. The van der Waals surface area contributed by atoms with Crippen molar-refractivity contribution in [3.8, 4) is 17.0 Å². The highest BCUT2D eigenvalue weighted by molar-refractivity contribution is 5.92. The maximum Gasteiger partial charge on any atom is 0.269 e. The lowest BCUT2D eigenvalue weighted by Gasteiger charge is -2.07. The van der Waals surface area contributed by atoms with E-state index in [0.29, 0.717) is 12.2 Å². The van der Waals surface area contributed by atoms with Crippen LogP contribution in [0.3, 0.4) is 0 Å². The fourth-order valence-corrected chi connectivity index (χ4v) is 2.53. The maximum absolute atomic E-state index is 12.3. The normalized spacial score (nSPS) is 10.3. The fourth-order valence-electron chi connectivity index (χ4n) is 2.53. The van der Waals surface area contributed by atoms with Crippen LogP contribution >= 0.6 is 0 Å². The molecule has 0 aliphatic heterocycles. The zero-order valence-corrected chi connectivity index (χ0v) is 14.1. The topological polar surface area (TPSA) is 51.2 Å². The minimum absolute atomic E-state index is 0.161. The molecule has 0 fully saturated rings. The number of nitrogens with one attached hydrogen (secondary N) is 1. The van der Waals surface area contributed by atoms with Crippen LogP contribution in [0.1, 0.15) is 16.1 Å². The molecule has 0 saturated carbocycles. The summed E-state index contributed by atoms with van der Waals surface area (Å²) in [5.74, 6) is 0.668. The van der Waals surface area contributed by atoms with E-state index in [0.717, 1.165) is 29.0 Å². The number of methoxy groups -OCH3 is 1. The van der Waals surface area contributed by atoms with E-state index >= 15 is 0 Å². The van der Waals surface area contributed by atoms with E-state index in [2.05, 4.69) is 10.3 Å². The molecule has 25 heavy (non-hydrogen) atoms. The third kappa shape index (κ3) is 4.44. The van der Waals surface area contributed by atoms with Gasteiger partial charge in [-0.1, -0.05) is 48.5 Å². The molecule has 1 N–H and O–H groups in total. The Balaban J connectivity index is 1.59. The molecule has 1 amide bonds. The minimum Gasteiger partial charge on any atom is -0.497 e. The summed E-state index contributed by atoms with van der Waals surface area (Å²) in [5, 5.41) is 2.92. The summed E-state index contributed by atoms with van der Waals surface area (Å²) in [4.78, 5) is 16.8. The molecule has 3 rings (SSSR count). The fraction of sp³-hybridized carbons (Fsp3) is 0.143. The van der Waals surface area contributed by atoms with Gasteiger partial charge in [-0.2, -0.15) is 0 Å². The second-order valence-corrected chi connectivity index (χ2v) is 5.63. The summed E-state index contributed by atoms with van der Waals surface area (Å²) in [5.41, 5.74) is 3.36. The summed E-state index contributed by atoms with van der Waals surface area (Å²) in [7, 11) is 1.64. The number of rotatable bonds is 6. The summed E-state index contributed by atoms with van der Waals surface area (Å²) in [6.07, 6.45) is 0.758. The van der Waals surface area contributed by atoms with Crippen molar-refractivity contribution in [3.63, 3.8) is 0 Å². The smallest absolute Gasteiger partial charge is 0.269 e. The first-order valence-corrected chi connectivity index (χ1v) is 8.20. The zero-order chi connectivity index (χ0) is 17.5. The second kappa shape index (κ2) is 8.11. The lowest BCUT2D eigenvalue weighted by Crippen LogP contribution is -2.26. The van der Waals surface area contributed by atoms with Crippen molar-refractivity contribution in [2.75, 3.05) is 13.7 Å².